The molecule has 0 aliphatic heterocycles. The van der Waals surface area contributed by atoms with Gasteiger partial charge in [-0.15, -0.1) is 0 Å². The lowest BCUT2D eigenvalue weighted by molar-refractivity contribution is 0.357. The molecule has 1 heterocycles. The SMILES string of the molecule is Cc1cccc(C(CCN(C)C)n2cccn2)c1. The number of hydrogen-bond donors (Lipinski definition) is 0. The maximum atomic E-state index is 4.40. The molecule has 96 valence electrons. The van der Waals surface area contributed by atoms with Crippen molar-refractivity contribution in [1.82, 2.24) is 14.7 Å². The average Bonchev–Trinajstić information content (AvgIpc) is 2.83. The van der Waals surface area contributed by atoms with Gasteiger partial charge in [-0.2, -0.15) is 5.10 Å². The number of hydrogen-bond acceptors (Lipinski definition) is 2. The van der Waals surface area contributed by atoms with E-state index in [-0.39, 0.29) is 0 Å². The molecule has 0 spiro atoms. The van der Waals surface area contributed by atoms with Crippen LogP contribution in [0.15, 0.2) is 42.7 Å². The quantitative estimate of drug-likeness (QED) is 0.805. The fraction of sp³-hybridized carbons (Fsp3) is 0.400. The van der Waals surface area contributed by atoms with Gasteiger partial charge in [-0.25, -0.2) is 0 Å². The van der Waals surface area contributed by atoms with Crippen molar-refractivity contribution < 1.29 is 0 Å². The summed E-state index contributed by atoms with van der Waals surface area (Å²) in [5.41, 5.74) is 2.63. The van der Waals surface area contributed by atoms with E-state index in [1.165, 1.54) is 11.1 Å². The van der Waals surface area contributed by atoms with E-state index < -0.39 is 0 Å². The number of aryl methyl sites for hydroxylation is 1. The minimum Gasteiger partial charge on any atom is -0.309 e. The number of benzene rings is 1. The minimum atomic E-state index is 0.322. The molecule has 0 bridgehead atoms. The second-order valence-corrected chi connectivity index (χ2v) is 5.01. The summed E-state index contributed by atoms with van der Waals surface area (Å²) in [4.78, 5) is 2.21. The van der Waals surface area contributed by atoms with Crippen molar-refractivity contribution in [3.63, 3.8) is 0 Å². The van der Waals surface area contributed by atoms with Crippen LogP contribution in [0.3, 0.4) is 0 Å². The summed E-state index contributed by atoms with van der Waals surface area (Å²) in [5, 5.41) is 4.40. The van der Waals surface area contributed by atoms with Gasteiger partial charge in [-0.05, 0) is 45.6 Å². The summed E-state index contributed by atoms with van der Waals surface area (Å²) in [5.74, 6) is 0. The molecule has 0 saturated carbocycles. The van der Waals surface area contributed by atoms with Gasteiger partial charge in [0, 0.05) is 12.4 Å². The van der Waals surface area contributed by atoms with Crippen LogP contribution in [0, 0.1) is 6.92 Å². The molecule has 1 aromatic heterocycles. The molecule has 0 amide bonds. The molecule has 1 atom stereocenters. The predicted octanol–water partition coefficient (Wildman–Crippen LogP) is 2.73. The van der Waals surface area contributed by atoms with E-state index >= 15 is 0 Å². The van der Waals surface area contributed by atoms with Crippen LogP contribution in [0.25, 0.3) is 0 Å². The number of aromatic nitrogens is 2. The van der Waals surface area contributed by atoms with E-state index in [1.54, 1.807) is 0 Å². The van der Waals surface area contributed by atoms with Crippen LogP contribution in [-0.2, 0) is 0 Å². The molecule has 1 unspecified atom stereocenters. The molecule has 2 aromatic rings. The third-order valence-electron chi connectivity index (χ3n) is 3.12. The highest BCUT2D eigenvalue weighted by atomic mass is 15.3. The molecular weight excluding hydrogens is 222 g/mol. The first-order valence-electron chi connectivity index (χ1n) is 6.37. The Hall–Kier alpha value is -1.61. The molecule has 0 aliphatic rings. The van der Waals surface area contributed by atoms with Crippen LogP contribution in [0.1, 0.15) is 23.6 Å². The summed E-state index contributed by atoms with van der Waals surface area (Å²) < 4.78 is 2.05. The Balaban J connectivity index is 2.24. The lowest BCUT2D eigenvalue weighted by atomic mass is 10.0. The van der Waals surface area contributed by atoms with Crippen LogP contribution < -0.4 is 0 Å². The minimum absolute atomic E-state index is 0.322. The zero-order valence-corrected chi connectivity index (χ0v) is 11.4. The van der Waals surface area contributed by atoms with Gasteiger partial charge >= 0.3 is 0 Å². The van der Waals surface area contributed by atoms with Crippen molar-refractivity contribution in [2.45, 2.75) is 19.4 Å². The molecule has 0 saturated heterocycles. The standard InChI is InChI=1S/C15H21N3/c1-13-6-4-7-14(12-13)15(8-11-17(2)3)18-10-5-9-16-18/h4-7,9-10,12,15H,8,11H2,1-3H3. The Morgan fingerprint density at radius 2 is 2.11 bits per heavy atom. The van der Waals surface area contributed by atoms with E-state index in [0.717, 1.165) is 13.0 Å². The molecular formula is C15H21N3. The highest BCUT2D eigenvalue weighted by molar-refractivity contribution is 5.25. The van der Waals surface area contributed by atoms with Crippen molar-refractivity contribution >= 4 is 0 Å². The van der Waals surface area contributed by atoms with E-state index in [2.05, 4.69) is 60.0 Å². The monoisotopic (exact) mass is 243 g/mol. The highest BCUT2D eigenvalue weighted by Crippen LogP contribution is 2.22. The number of rotatable bonds is 5. The van der Waals surface area contributed by atoms with Crippen molar-refractivity contribution in [3.8, 4) is 0 Å². The lowest BCUT2D eigenvalue weighted by Gasteiger charge is -2.20. The molecule has 1 aromatic carbocycles. The Bertz CT molecular complexity index is 474. The maximum Gasteiger partial charge on any atom is 0.0780 e. The van der Waals surface area contributed by atoms with E-state index in [4.69, 9.17) is 0 Å². The molecule has 0 aliphatic carbocycles. The zero-order valence-electron chi connectivity index (χ0n) is 11.4. The molecule has 3 nitrogen and oxygen atoms in total. The normalized spacial score (nSPS) is 12.9. The Kier molecular flexibility index (Phi) is 4.15. The van der Waals surface area contributed by atoms with Crippen LogP contribution in [0.2, 0.25) is 0 Å². The van der Waals surface area contributed by atoms with E-state index in [0.29, 0.717) is 6.04 Å². The largest absolute Gasteiger partial charge is 0.309 e. The topological polar surface area (TPSA) is 21.1 Å². The third kappa shape index (κ3) is 3.20. The van der Waals surface area contributed by atoms with Crippen molar-refractivity contribution in [2.24, 2.45) is 0 Å². The van der Waals surface area contributed by atoms with Crippen LogP contribution in [0.5, 0.6) is 0 Å². The smallest absolute Gasteiger partial charge is 0.0780 e. The van der Waals surface area contributed by atoms with Gasteiger partial charge in [-0.3, -0.25) is 4.68 Å². The fourth-order valence-corrected chi connectivity index (χ4v) is 2.17. The average molecular weight is 243 g/mol. The molecule has 0 radical (unpaired) electrons. The fourth-order valence-electron chi connectivity index (χ4n) is 2.17. The van der Waals surface area contributed by atoms with Crippen LogP contribution >= 0.6 is 0 Å². The van der Waals surface area contributed by atoms with E-state index in [9.17, 15) is 0 Å². The van der Waals surface area contributed by atoms with Gasteiger partial charge in [-0.1, -0.05) is 29.8 Å². The summed E-state index contributed by atoms with van der Waals surface area (Å²) >= 11 is 0. The first kappa shape index (κ1) is 12.8. The molecule has 3 heteroatoms. The lowest BCUT2D eigenvalue weighted by Crippen LogP contribution is -2.20. The Morgan fingerprint density at radius 3 is 2.72 bits per heavy atom. The second-order valence-electron chi connectivity index (χ2n) is 5.01. The first-order valence-corrected chi connectivity index (χ1v) is 6.37. The summed E-state index contributed by atoms with van der Waals surface area (Å²) in [6, 6.07) is 11.0. The summed E-state index contributed by atoms with van der Waals surface area (Å²) in [6.45, 7) is 3.19. The highest BCUT2D eigenvalue weighted by Gasteiger charge is 2.14. The van der Waals surface area contributed by atoms with Gasteiger partial charge in [0.25, 0.3) is 0 Å². The molecule has 18 heavy (non-hydrogen) atoms. The first-order chi connectivity index (χ1) is 8.66. The van der Waals surface area contributed by atoms with Crippen molar-refractivity contribution in [1.29, 1.82) is 0 Å². The summed E-state index contributed by atoms with van der Waals surface area (Å²) in [6.07, 6.45) is 4.96. The zero-order chi connectivity index (χ0) is 13.0. The van der Waals surface area contributed by atoms with E-state index in [1.807, 2.05) is 18.5 Å². The Morgan fingerprint density at radius 1 is 1.28 bits per heavy atom. The third-order valence-corrected chi connectivity index (χ3v) is 3.12. The van der Waals surface area contributed by atoms with Gasteiger partial charge in [0.1, 0.15) is 0 Å². The van der Waals surface area contributed by atoms with Crippen LogP contribution in [-0.4, -0.2) is 35.3 Å². The van der Waals surface area contributed by atoms with Crippen molar-refractivity contribution in [2.75, 3.05) is 20.6 Å². The maximum absolute atomic E-state index is 4.40. The Labute approximate surface area is 109 Å². The number of nitrogens with zero attached hydrogens (tertiary/aromatic N) is 3. The van der Waals surface area contributed by atoms with Crippen LogP contribution in [0.4, 0.5) is 0 Å². The summed E-state index contributed by atoms with van der Waals surface area (Å²) in [7, 11) is 4.22. The van der Waals surface area contributed by atoms with Gasteiger partial charge in [0.05, 0.1) is 6.04 Å². The molecule has 0 N–H and O–H groups in total. The van der Waals surface area contributed by atoms with Gasteiger partial charge in [0.15, 0.2) is 0 Å². The van der Waals surface area contributed by atoms with Crippen molar-refractivity contribution in [3.05, 3.63) is 53.9 Å². The molecule has 0 fully saturated rings. The second kappa shape index (κ2) is 5.83. The predicted molar refractivity (Wildman–Crippen MR) is 74.7 cm³/mol. The van der Waals surface area contributed by atoms with Gasteiger partial charge in [0.2, 0.25) is 0 Å². The van der Waals surface area contributed by atoms with Gasteiger partial charge < -0.3 is 4.90 Å². The molecule has 2 rings (SSSR count).